The molecule has 178 valence electrons. The van der Waals surface area contributed by atoms with Crippen LogP contribution < -0.4 is 19.7 Å². The molecule has 2 aromatic carbocycles. The summed E-state index contributed by atoms with van der Waals surface area (Å²) in [5, 5.41) is 3.68. The number of nitrogens with one attached hydrogen (secondary N) is 1. The van der Waals surface area contributed by atoms with Gasteiger partial charge in [0.1, 0.15) is 6.04 Å². The van der Waals surface area contributed by atoms with Gasteiger partial charge in [0.15, 0.2) is 17.3 Å². The SMILES string of the molecule is COc1ccc(N(C(=O)c2ccco2)C(C(=O)NC2CCCC2)c2ccc(Cl)cc2)cc1OC. The van der Waals surface area contributed by atoms with Crippen molar-refractivity contribution < 1.29 is 23.5 Å². The molecular formula is C26H27ClN2O5. The Morgan fingerprint density at radius 1 is 1.03 bits per heavy atom. The highest BCUT2D eigenvalue weighted by atomic mass is 35.5. The van der Waals surface area contributed by atoms with Gasteiger partial charge in [-0.1, -0.05) is 36.6 Å². The molecule has 0 radical (unpaired) electrons. The lowest BCUT2D eigenvalue weighted by atomic mass is 10.0. The quantitative estimate of drug-likeness (QED) is 0.465. The third kappa shape index (κ3) is 5.04. The number of nitrogens with zero attached hydrogens (tertiary/aromatic N) is 1. The van der Waals surface area contributed by atoms with Crippen molar-refractivity contribution in [1.29, 1.82) is 0 Å². The largest absolute Gasteiger partial charge is 0.493 e. The molecule has 34 heavy (non-hydrogen) atoms. The summed E-state index contributed by atoms with van der Waals surface area (Å²) < 4.78 is 16.2. The summed E-state index contributed by atoms with van der Waals surface area (Å²) in [4.78, 5) is 28.9. The van der Waals surface area contributed by atoms with Crippen molar-refractivity contribution in [3.8, 4) is 11.5 Å². The van der Waals surface area contributed by atoms with Gasteiger partial charge >= 0.3 is 0 Å². The molecule has 0 spiro atoms. The lowest BCUT2D eigenvalue weighted by molar-refractivity contribution is -0.123. The monoisotopic (exact) mass is 482 g/mol. The molecule has 1 unspecified atom stereocenters. The third-order valence-electron chi connectivity index (χ3n) is 5.99. The highest BCUT2D eigenvalue weighted by molar-refractivity contribution is 6.30. The van der Waals surface area contributed by atoms with Gasteiger partial charge < -0.3 is 19.2 Å². The summed E-state index contributed by atoms with van der Waals surface area (Å²) in [6.07, 6.45) is 5.40. The topological polar surface area (TPSA) is 81.0 Å². The predicted molar refractivity (Wildman–Crippen MR) is 130 cm³/mol. The van der Waals surface area contributed by atoms with Gasteiger partial charge in [-0.05, 0) is 54.8 Å². The van der Waals surface area contributed by atoms with Crippen molar-refractivity contribution >= 4 is 29.1 Å². The Morgan fingerprint density at radius 3 is 2.35 bits per heavy atom. The first-order chi connectivity index (χ1) is 16.5. The minimum Gasteiger partial charge on any atom is -0.493 e. The van der Waals surface area contributed by atoms with Crippen LogP contribution in [0.1, 0.15) is 47.8 Å². The number of carbonyl (C=O) groups is 2. The number of carbonyl (C=O) groups excluding carboxylic acids is 2. The van der Waals surface area contributed by atoms with E-state index in [0.717, 1.165) is 25.7 Å². The number of furan rings is 1. The highest BCUT2D eigenvalue weighted by Crippen LogP contribution is 2.37. The highest BCUT2D eigenvalue weighted by Gasteiger charge is 2.36. The van der Waals surface area contributed by atoms with E-state index in [1.165, 1.54) is 25.4 Å². The number of anilines is 1. The van der Waals surface area contributed by atoms with Crippen LogP contribution in [0.2, 0.25) is 5.02 Å². The van der Waals surface area contributed by atoms with E-state index < -0.39 is 11.9 Å². The zero-order chi connectivity index (χ0) is 24.1. The smallest absolute Gasteiger partial charge is 0.294 e. The molecule has 7 nitrogen and oxygen atoms in total. The van der Waals surface area contributed by atoms with Crippen molar-refractivity contribution in [2.45, 2.75) is 37.8 Å². The second-order valence-electron chi connectivity index (χ2n) is 8.14. The van der Waals surface area contributed by atoms with Crippen LogP contribution in [-0.2, 0) is 4.79 Å². The molecule has 4 rings (SSSR count). The number of ether oxygens (including phenoxy) is 2. The van der Waals surface area contributed by atoms with Gasteiger partial charge in [0.2, 0.25) is 5.91 Å². The van der Waals surface area contributed by atoms with Crippen LogP contribution in [-0.4, -0.2) is 32.1 Å². The summed E-state index contributed by atoms with van der Waals surface area (Å²) in [7, 11) is 3.05. The van der Waals surface area contributed by atoms with E-state index in [9.17, 15) is 9.59 Å². The lowest BCUT2D eigenvalue weighted by Crippen LogP contribution is -2.46. The Balaban J connectivity index is 1.84. The normalized spacial score (nSPS) is 14.4. The average Bonchev–Trinajstić information content (AvgIpc) is 3.57. The van der Waals surface area contributed by atoms with Crippen molar-refractivity contribution in [2.24, 2.45) is 0 Å². The van der Waals surface area contributed by atoms with E-state index in [2.05, 4.69) is 5.32 Å². The Hall–Kier alpha value is -3.45. The van der Waals surface area contributed by atoms with Gasteiger partial charge in [0.25, 0.3) is 5.91 Å². The van der Waals surface area contributed by atoms with Gasteiger partial charge in [-0.2, -0.15) is 0 Å². The fraction of sp³-hybridized carbons (Fsp3) is 0.308. The molecule has 0 aliphatic heterocycles. The van der Waals surface area contributed by atoms with Gasteiger partial charge in [-0.15, -0.1) is 0 Å². The molecule has 3 aromatic rings. The van der Waals surface area contributed by atoms with Crippen molar-refractivity contribution in [3.63, 3.8) is 0 Å². The molecule has 0 bridgehead atoms. The van der Waals surface area contributed by atoms with Crippen LogP contribution in [0.25, 0.3) is 0 Å². The van der Waals surface area contributed by atoms with Crippen LogP contribution >= 0.6 is 11.6 Å². The average molecular weight is 483 g/mol. The van der Waals surface area contributed by atoms with Gasteiger partial charge in [-0.3, -0.25) is 14.5 Å². The van der Waals surface area contributed by atoms with E-state index in [0.29, 0.717) is 27.8 Å². The van der Waals surface area contributed by atoms with E-state index in [-0.39, 0.29) is 17.7 Å². The molecule has 8 heteroatoms. The first-order valence-corrected chi connectivity index (χ1v) is 11.5. The zero-order valence-electron chi connectivity index (χ0n) is 19.1. The fourth-order valence-corrected chi connectivity index (χ4v) is 4.42. The van der Waals surface area contributed by atoms with E-state index in [1.54, 1.807) is 54.6 Å². The summed E-state index contributed by atoms with van der Waals surface area (Å²) in [5.41, 5.74) is 1.08. The molecule has 1 saturated carbocycles. The second kappa shape index (κ2) is 10.7. The van der Waals surface area contributed by atoms with Crippen molar-refractivity contribution in [3.05, 3.63) is 77.2 Å². The van der Waals surface area contributed by atoms with E-state index >= 15 is 0 Å². The predicted octanol–water partition coefficient (Wildman–Crippen LogP) is 5.40. The van der Waals surface area contributed by atoms with Gasteiger partial charge in [0, 0.05) is 22.8 Å². The fourth-order valence-electron chi connectivity index (χ4n) is 4.29. The number of methoxy groups -OCH3 is 2. The third-order valence-corrected chi connectivity index (χ3v) is 6.24. The number of hydrogen-bond donors (Lipinski definition) is 1. The standard InChI is InChI=1S/C26H27ClN2O5/c1-32-21-14-13-20(16-23(21)33-2)29(26(31)22-8-5-15-34-22)24(17-9-11-18(27)12-10-17)25(30)28-19-6-3-4-7-19/h5,8-16,19,24H,3-4,6-7H2,1-2H3,(H,28,30). The maximum absolute atomic E-state index is 13.7. The number of amides is 2. The molecule has 1 aromatic heterocycles. The Labute approximate surface area is 203 Å². The number of benzene rings is 2. The summed E-state index contributed by atoms with van der Waals surface area (Å²) in [6, 6.07) is 14.3. The first-order valence-electron chi connectivity index (χ1n) is 11.2. The van der Waals surface area contributed by atoms with Crippen LogP contribution in [0, 0.1) is 0 Å². The molecule has 1 fully saturated rings. The van der Waals surface area contributed by atoms with Crippen LogP contribution in [0.5, 0.6) is 11.5 Å². The van der Waals surface area contributed by atoms with Crippen LogP contribution in [0.3, 0.4) is 0 Å². The second-order valence-corrected chi connectivity index (χ2v) is 8.57. The maximum atomic E-state index is 13.7. The molecule has 1 atom stereocenters. The van der Waals surface area contributed by atoms with Crippen molar-refractivity contribution in [2.75, 3.05) is 19.1 Å². The van der Waals surface area contributed by atoms with Gasteiger partial charge in [-0.25, -0.2) is 0 Å². The van der Waals surface area contributed by atoms with Crippen LogP contribution in [0.15, 0.2) is 65.3 Å². The molecule has 1 heterocycles. The van der Waals surface area contributed by atoms with Crippen LogP contribution in [0.4, 0.5) is 5.69 Å². The number of hydrogen-bond acceptors (Lipinski definition) is 5. The Morgan fingerprint density at radius 2 is 1.74 bits per heavy atom. The molecule has 1 aliphatic carbocycles. The minimum absolute atomic E-state index is 0.0771. The summed E-state index contributed by atoms with van der Waals surface area (Å²) >= 11 is 6.12. The Bertz CT molecular complexity index is 1120. The van der Waals surface area contributed by atoms with E-state index in [1.807, 2.05) is 0 Å². The summed E-state index contributed by atoms with van der Waals surface area (Å²) in [6.45, 7) is 0. The lowest BCUT2D eigenvalue weighted by Gasteiger charge is -2.32. The molecule has 0 saturated heterocycles. The molecule has 2 amide bonds. The Kier molecular flexibility index (Phi) is 7.43. The molecule has 1 N–H and O–H groups in total. The number of halogens is 1. The van der Waals surface area contributed by atoms with Crippen molar-refractivity contribution in [1.82, 2.24) is 5.32 Å². The van der Waals surface area contributed by atoms with Gasteiger partial charge in [0.05, 0.1) is 20.5 Å². The molecule has 1 aliphatic rings. The summed E-state index contributed by atoms with van der Waals surface area (Å²) in [5.74, 6) is 0.323. The molecular weight excluding hydrogens is 456 g/mol. The van der Waals surface area contributed by atoms with E-state index in [4.69, 9.17) is 25.5 Å². The maximum Gasteiger partial charge on any atom is 0.294 e. The zero-order valence-corrected chi connectivity index (χ0v) is 19.9. The minimum atomic E-state index is -0.964. The number of rotatable bonds is 8. The first kappa shape index (κ1) is 23.7.